The predicted molar refractivity (Wildman–Crippen MR) is 110 cm³/mol. The number of para-hydroxylation sites is 2. The number of carbonyl (C=O) groups is 1. The van der Waals surface area contributed by atoms with E-state index in [2.05, 4.69) is 10.6 Å². The van der Waals surface area contributed by atoms with E-state index in [1.54, 1.807) is 12.1 Å². The zero-order valence-corrected chi connectivity index (χ0v) is 15.5. The van der Waals surface area contributed by atoms with E-state index in [1.165, 1.54) is 6.07 Å². The van der Waals surface area contributed by atoms with Crippen LogP contribution in [0, 0.1) is 10.1 Å². The largest absolute Gasteiger partial charge is 0.493 e. The standard InChI is InChI=1S/C22H19N3O4/c26-22(24-18-12-13-29-21-9-5-4-8-17(18)21)15-10-11-19(20(14-15)25(27)28)23-16-6-2-1-3-7-16/h1-11,14,18,23H,12-13H2,(H,24,26)/t18-/m1/s1. The smallest absolute Gasteiger partial charge is 0.293 e. The van der Waals surface area contributed by atoms with Crippen LogP contribution >= 0.6 is 0 Å². The Balaban J connectivity index is 1.56. The van der Waals surface area contributed by atoms with E-state index in [0.29, 0.717) is 18.7 Å². The van der Waals surface area contributed by atoms with E-state index in [4.69, 9.17) is 4.74 Å². The maximum absolute atomic E-state index is 12.8. The molecule has 1 heterocycles. The minimum Gasteiger partial charge on any atom is -0.493 e. The predicted octanol–water partition coefficient (Wildman–Crippen LogP) is 4.59. The van der Waals surface area contributed by atoms with Crippen molar-refractivity contribution in [1.82, 2.24) is 5.32 Å². The van der Waals surface area contributed by atoms with Crippen molar-refractivity contribution < 1.29 is 14.5 Å². The van der Waals surface area contributed by atoms with Crippen molar-refractivity contribution in [2.75, 3.05) is 11.9 Å². The van der Waals surface area contributed by atoms with E-state index >= 15 is 0 Å². The van der Waals surface area contributed by atoms with Gasteiger partial charge in [0.05, 0.1) is 17.6 Å². The number of hydrogen-bond donors (Lipinski definition) is 2. The number of nitro groups is 1. The maximum atomic E-state index is 12.8. The first-order valence-electron chi connectivity index (χ1n) is 9.25. The third-order valence-corrected chi connectivity index (χ3v) is 4.77. The molecule has 2 N–H and O–H groups in total. The molecule has 1 aliphatic heterocycles. The summed E-state index contributed by atoms with van der Waals surface area (Å²) < 4.78 is 5.61. The van der Waals surface area contributed by atoms with Gasteiger partial charge in [0, 0.05) is 29.3 Å². The second-order valence-corrected chi connectivity index (χ2v) is 6.68. The van der Waals surface area contributed by atoms with Gasteiger partial charge in [-0.05, 0) is 30.3 Å². The fourth-order valence-electron chi connectivity index (χ4n) is 3.34. The van der Waals surface area contributed by atoms with E-state index in [9.17, 15) is 14.9 Å². The third-order valence-electron chi connectivity index (χ3n) is 4.77. The Morgan fingerprint density at radius 1 is 1.03 bits per heavy atom. The number of nitrogens with zero attached hydrogens (tertiary/aromatic N) is 1. The average molecular weight is 389 g/mol. The number of nitro benzene ring substituents is 1. The molecule has 7 nitrogen and oxygen atoms in total. The normalized spacial score (nSPS) is 15.0. The molecule has 7 heteroatoms. The molecular formula is C22H19N3O4. The molecule has 1 atom stereocenters. The lowest BCUT2D eigenvalue weighted by Crippen LogP contribution is -2.32. The maximum Gasteiger partial charge on any atom is 0.293 e. The number of amides is 1. The molecule has 0 bridgehead atoms. The number of ether oxygens (including phenoxy) is 1. The lowest BCUT2D eigenvalue weighted by molar-refractivity contribution is -0.383. The van der Waals surface area contributed by atoms with Crippen LogP contribution in [0.1, 0.15) is 28.4 Å². The van der Waals surface area contributed by atoms with Crippen molar-refractivity contribution in [2.24, 2.45) is 0 Å². The van der Waals surface area contributed by atoms with Crippen LogP contribution in [0.3, 0.4) is 0 Å². The topological polar surface area (TPSA) is 93.5 Å². The fraction of sp³-hybridized carbons (Fsp3) is 0.136. The van der Waals surface area contributed by atoms with E-state index in [0.717, 1.165) is 17.0 Å². The van der Waals surface area contributed by atoms with Gasteiger partial charge in [-0.15, -0.1) is 0 Å². The lowest BCUT2D eigenvalue weighted by Gasteiger charge is -2.26. The first-order chi connectivity index (χ1) is 14.1. The number of rotatable bonds is 5. The van der Waals surface area contributed by atoms with Crippen molar-refractivity contribution in [3.63, 3.8) is 0 Å². The molecule has 0 aromatic heterocycles. The second-order valence-electron chi connectivity index (χ2n) is 6.68. The summed E-state index contributed by atoms with van der Waals surface area (Å²) in [6.07, 6.45) is 0.637. The third kappa shape index (κ3) is 4.03. The number of fused-ring (bicyclic) bond motifs is 1. The number of carbonyl (C=O) groups excluding carboxylic acids is 1. The number of nitrogens with one attached hydrogen (secondary N) is 2. The van der Waals surface area contributed by atoms with E-state index < -0.39 is 4.92 Å². The zero-order chi connectivity index (χ0) is 20.2. The number of hydrogen-bond acceptors (Lipinski definition) is 5. The van der Waals surface area contributed by atoms with Crippen LogP contribution < -0.4 is 15.4 Å². The van der Waals surface area contributed by atoms with Gasteiger partial charge in [-0.3, -0.25) is 14.9 Å². The van der Waals surface area contributed by atoms with Crippen molar-refractivity contribution in [3.05, 3.63) is 94.0 Å². The summed E-state index contributed by atoms with van der Waals surface area (Å²) in [5, 5.41) is 17.5. The SMILES string of the molecule is O=C(N[C@@H]1CCOc2ccccc21)c1ccc(Nc2ccccc2)c([N+](=O)[O-])c1. The molecule has 0 unspecified atom stereocenters. The van der Waals surface area contributed by atoms with Gasteiger partial charge in [0.15, 0.2) is 0 Å². The van der Waals surface area contributed by atoms with Gasteiger partial charge in [0.25, 0.3) is 11.6 Å². The molecule has 0 saturated heterocycles. The van der Waals surface area contributed by atoms with Crippen molar-refractivity contribution in [3.8, 4) is 5.75 Å². The van der Waals surface area contributed by atoms with Crippen molar-refractivity contribution in [1.29, 1.82) is 0 Å². The molecule has 1 aliphatic rings. The molecular weight excluding hydrogens is 370 g/mol. The van der Waals surface area contributed by atoms with Crippen molar-refractivity contribution >= 4 is 23.0 Å². The summed E-state index contributed by atoms with van der Waals surface area (Å²) in [5.74, 6) is 0.388. The van der Waals surface area contributed by atoms with Gasteiger partial charge in [0.1, 0.15) is 11.4 Å². The molecule has 0 aliphatic carbocycles. The highest BCUT2D eigenvalue weighted by molar-refractivity contribution is 5.96. The van der Waals surface area contributed by atoms with Gasteiger partial charge in [-0.1, -0.05) is 36.4 Å². The summed E-state index contributed by atoms with van der Waals surface area (Å²) in [7, 11) is 0. The van der Waals surface area contributed by atoms with Crippen LogP contribution in [0.2, 0.25) is 0 Å². The van der Waals surface area contributed by atoms with Crippen LogP contribution in [0.25, 0.3) is 0 Å². The lowest BCUT2D eigenvalue weighted by atomic mass is 10.00. The first-order valence-corrected chi connectivity index (χ1v) is 9.25. The average Bonchev–Trinajstić information content (AvgIpc) is 2.75. The number of anilines is 2. The molecule has 0 fully saturated rings. The summed E-state index contributed by atoms with van der Waals surface area (Å²) in [4.78, 5) is 23.8. The van der Waals surface area contributed by atoms with Crippen LogP contribution in [0.15, 0.2) is 72.8 Å². The Labute approximate surface area is 167 Å². The molecule has 1 amide bonds. The first kappa shape index (κ1) is 18.5. The molecule has 0 saturated carbocycles. The Kier molecular flexibility index (Phi) is 5.11. The molecule has 0 radical (unpaired) electrons. The molecule has 146 valence electrons. The van der Waals surface area contributed by atoms with Gasteiger partial charge in [0.2, 0.25) is 0 Å². The minimum atomic E-state index is -0.494. The molecule has 3 aromatic carbocycles. The van der Waals surface area contributed by atoms with Crippen LogP contribution in [0.5, 0.6) is 5.75 Å². The van der Waals surface area contributed by atoms with E-state index in [-0.39, 0.29) is 23.2 Å². The van der Waals surface area contributed by atoms with E-state index in [1.807, 2.05) is 54.6 Å². The summed E-state index contributed by atoms with van der Waals surface area (Å²) in [6.45, 7) is 0.502. The van der Waals surface area contributed by atoms with Gasteiger partial charge in [-0.2, -0.15) is 0 Å². The van der Waals surface area contributed by atoms with Crippen LogP contribution in [-0.2, 0) is 0 Å². The Morgan fingerprint density at radius 3 is 2.59 bits per heavy atom. The molecule has 3 aromatic rings. The summed E-state index contributed by atoms with van der Waals surface area (Å²) >= 11 is 0. The van der Waals surface area contributed by atoms with Gasteiger partial charge >= 0.3 is 0 Å². The molecule has 0 spiro atoms. The quantitative estimate of drug-likeness (QED) is 0.492. The Morgan fingerprint density at radius 2 is 1.79 bits per heavy atom. The second kappa shape index (κ2) is 8.02. The highest BCUT2D eigenvalue weighted by atomic mass is 16.6. The van der Waals surface area contributed by atoms with Crippen LogP contribution in [-0.4, -0.2) is 17.4 Å². The highest BCUT2D eigenvalue weighted by Crippen LogP contribution is 2.32. The zero-order valence-electron chi connectivity index (χ0n) is 15.5. The van der Waals surface area contributed by atoms with Gasteiger partial charge in [-0.25, -0.2) is 0 Å². The summed E-state index contributed by atoms with van der Waals surface area (Å²) in [6, 6.07) is 20.9. The van der Waals surface area contributed by atoms with Gasteiger partial charge < -0.3 is 15.4 Å². The molecule has 29 heavy (non-hydrogen) atoms. The highest BCUT2D eigenvalue weighted by Gasteiger charge is 2.24. The monoisotopic (exact) mass is 389 g/mol. The number of benzene rings is 3. The molecule has 4 rings (SSSR count). The minimum absolute atomic E-state index is 0.158. The summed E-state index contributed by atoms with van der Waals surface area (Å²) in [5.41, 5.74) is 2.04. The van der Waals surface area contributed by atoms with Crippen LogP contribution in [0.4, 0.5) is 17.1 Å². The van der Waals surface area contributed by atoms with Crippen molar-refractivity contribution in [2.45, 2.75) is 12.5 Å². The Hall–Kier alpha value is -3.87. The Bertz CT molecular complexity index is 1050. The fourth-order valence-corrected chi connectivity index (χ4v) is 3.34.